The number of halogens is 2. The lowest BCUT2D eigenvalue weighted by molar-refractivity contribution is -0.121. The fraction of sp³-hybridized carbons (Fsp3) is 0.396. The van der Waals surface area contributed by atoms with Gasteiger partial charge in [-0.2, -0.15) is 0 Å². The SMILES string of the molecule is CCCC[Si](C)(C)CNC(=O)Cc1c(C)n(C(=O)c2ccc(Cl)cc2)c2ccc(OC)cc12.COc1ccc2c(c1)c(CC(=O)NCCCCC[Si](C)(C)C)c(C)n2C(=O)c1ccc(Cl)cc1. The zero-order valence-corrected chi connectivity index (χ0v) is 44.5. The predicted octanol–water partition coefficient (Wildman–Crippen LogP) is 12.5. The highest BCUT2D eigenvalue weighted by atomic mass is 35.5. The molecule has 10 nitrogen and oxygen atoms in total. The summed E-state index contributed by atoms with van der Waals surface area (Å²) >= 11 is 12.0. The minimum absolute atomic E-state index is 0.0176. The second-order valence-electron chi connectivity index (χ2n) is 19.3. The maximum absolute atomic E-state index is 13.4. The van der Waals surface area contributed by atoms with Gasteiger partial charge in [0.25, 0.3) is 11.8 Å². The number of methoxy groups -OCH3 is 2. The number of aromatic nitrogens is 2. The molecule has 67 heavy (non-hydrogen) atoms. The Hall–Kier alpha value is -5.15. The van der Waals surface area contributed by atoms with Gasteiger partial charge in [-0.3, -0.25) is 28.3 Å². The zero-order chi connectivity index (χ0) is 49.1. The lowest BCUT2D eigenvalue weighted by Crippen LogP contribution is -2.42. The standard InChI is InChI=1S/C27H35ClN2O3Si.C26H33ClN2O3Si/c1-19-23(18-26(31)29-15-7-6-8-16-34(3,4)5)24-17-22(33-2)13-14-25(24)30(19)27(32)20-9-11-21(28)12-10-20;1-6-7-14-33(4,5)17-28-25(30)16-22-18(2)29(24-13-12-21(32-3)15-23(22)24)26(31)19-8-10-20(27)11-9-19/h9-14,17H,6-8,15-16,18H2,1-5H3,(H,29,31);8-13,15H,6-7,14,16-17H2,1-5H3,(H,28,30). The maximum atomic E-state index is 13.4. The van der Waals surface area contributed by atoms with Crippen molar-refractivity contribution in [3.05, 3.63) is 129 Å². The molecule has 0 fully saturated rings. The van der Waals surface area contributed by atoms with Crippen molar-refractivity contribution in [2.75, 3.05) is 26.9 Å². The first kappa shape index (κ1) is 52.8. The van der Waals surface area contributed by atoms with Crippen LogP contribution >= 0.6 is 23.2 Å². The number of fused-ring (bicyclic) bond motifs is 2. The van der Waals surface area contributed by atoms with E-state index in [1.54, 1.807) is 71.9 Å². The van der Waals surface area contributed by atoms with Gasteiger partial charge in [-0.05, 0) is 116 Å². The van der Waals surface area contributed by atoms with E-state index in [2.05, 4.69) is 50.3 Å². The Labute approximate surface area is 408 Å². The van der Waals surface area contributed by atoms with Crippen molar-refractivity contribution >= 4 is 84.8 Å². The third-order valence-corrected chi connectivity index (χ3v) is 17.4. The second kappa shape index (κ2) is 23.7. The number of unbranched alkanes of at least 4 members (excludes halogenated alkanes) is 3. The van der Waals surface area contributed by atoms with Crippen LogP contribution in [0.1, 0.15) is 82.3 Å². The molecule has 0 atom stereocenters. The van der Waals surface area contributed by atoms with Crippen molar-refractivity contribution in [2.45, 2.75) is 111 Å². The van der Waals surface area contributed by atoms with Crippen LogP contribution in [0.3, 0.4) is 0 Å². The van der Waals surface area contributed by atoms with Gasteiger partial charge in [-0.15, -0.1) is 0 Å². The summed E-state index contributed by atoms with van der Waals surface area (Å²) in [5, 5.41) is 9.08. The molecule has 0 unspecified atom stereocenters. The van der Waals surface area contributed by atoms with Gasteiger partial charge in [0, 0.05) is 64.1 Å². The number of nitrogens with one attached hydrogen (secondary N) is 2. The van der Waals surface area contributed by atoms with E-state index in [0.717, 1.165) is 63.3 Å². The molecule has 2 amide bonds. The first-order chi connectivity index (χ1) is 31.8. The summed E-state index contributed by atoms with van der Waals surface area (Å²) < 4.78 is 14.2. The minimum atomic E-state index is -1.47. The van der Waals surface area contributed by atoms with E-state index in [1.165, 1.54) is 31.4 Å². The molecule has 2 aromatic heterocycles. The summed E-state index contributed by atoms with van der Waals surface area (Å²) in [4.78, 5) is 52.5. The number of carbonyl (C=O) groups excluding carboxylic acids is 4. The van der Waals surface area contributed by atoms with E-state index in [-0.39, 0.29) is 36.5 Å². The summed E-state index contributed by atoms with van der Waals surface area (Å²) in [5.41, 5.74) is 5.79. The summed E-state index contributed by atoms with van der Waals surface area (Å²) in [6.45, 7) is 18.4. The van der Waals surface area contributed by atoms with Crippen LogP contribution in [-0.4, -0.2) is 75.8 Å². The highest BCUT2D eigenvalue weighted by Crippen LogP contribution is 2.33. The van der Waals surface area contributed by atoms with E-state index < -0.39 is 16.1 Å². The van der Waals surface area contributed by atoms with Gasteiger partial charge in [-0.1, -0.05) is 101 Å². The number of nitrogens with zero attached hydrogens (tertiary/aromatic N) is 2. The highest BCUT2D eigenvalue weighted by molar-refractivity contribution is 6.77. The largest absolute Gasteiger partial charge is 0.497 e. The first-order valence-electron chi connectivity index (χ1n) is 23.3. The lowest BCUT2D eigenvalue weighted by Gasteiger charge is -2.22. The number of ether oxygens (including phenoxy) is 2. The lowest BCUT2D eigenvalue weighted by atomic mass is 10.1. The van der Waals surface area contributed by atoms with Crippen molar-refractivity contribution in [1.82, 2.24) is 19.8 Å². The third kappa shape index (κ3) is 14.2. The second-order valence-corrected chi connectivity index (χ2v) is 31.0. The molecule has 2 N–H and O–H groups in total. The van der Waals surface area contributed by atoms with Crippen molar-refractivity contribution in [2.24, 2.45) is 0 Å². The van der Waals surface area contributed by atoms with E-state index in [1.807, 2.05) is 50.2 Å². The zero-order valence-electron chi connectivity index (χ0n) is 41.0. The third-order valence-electron chi connectivity index (χ3n) is 12.2. The fourth-order valence-corrected chi connectivity index (χ4v) is 12.0. The van der Waals surface area contributed by atoms with Gasteiger partial charge in [0.2, 0.25) is 11.8 Å². The maximum Gasteiger partial charge on any atom is 0.262 e. The van der Waals surface area contributed by atoms with E-state index in [4.69, 9.17) is 32.7 Å². The molecule has 0 aliphatic rings. The first-order valence-corrected chi connectivity index (χ1v) is 31.1. The molecule has 358 valence electrons. The molecular weight excluding hydrogens is 916 g/mol. The molecular formula is C53H68Cl2N4O6Si2. The Bertz CT molecular complexity index is 2680. The number of carbonyl (C=O) groups is 4. The van der Waals surface area contributed by atoms with Crippen molar-refractivity contribution in [1.29, 1.82) is 0 Å². The van der Waals surface area contributed by atoms with Gasteiger partial charge >= 0.3 is 0 Å². The van der Waals surface area contributed by atoms with Crippen LogP contribution in [0.25, 0.3) is 21.8 Å². The highest BCUT2D eigenvalue weighted by Gasteiger charge is 2.25. The summed E-state index contributed by atoms with van der Waals surface area (Å²) in [6, 6.07) is 27.4. The quantitative estimate of drug-likeness (QED) is 0.0616. The van der Waals surface area contributed by atoms with Gasteiger partial charge in [0.1, 0.15) is 11.5 Å². The van der Waals surface area contributed by atoms with Crippen molar-refractivity contribution in [3.63, 3.8) is 0 Å². The molecule has 14 heteroatoms. The molecule has 6 rings (SSSR count). The molecule has 0 saturated heterocycles. The van der Waals surface area contributed by atoms with Gasteiger partial charge in [-0.25, -0.2) is 0 Å². The van der Waals surface area contributed by atoms with Crippen LogP contribution in [-0.2, 0) is 22.4 Å². The molecule has 0 saturated carbocycles. The molecule has 6 aromatic rings. The van der Waals surface area contributed by atoms with E-state index in [9.17, 15) is 19.2 Å². The van der Waals surface area contributed by atoms with Crippen LogP contribution < -0.4 is 20.1 Å². The summed E-state index contributed by atoms with van der Waals surface area (Å²) in [5.74, 6) is 1.02. The molecule has 0 aliphatic heterocycles. The number of amides is 2. The molecule has 0 spiro atoms. The van der Waals surface area contributed by atoms with Crippen LogP contribution in [0.2, 0.25) is 54.9 Å². The average Bonchev–Trinajstić information content (AvgIpc) is 3.72. The monoisotopic (exact) mass is 982 g/mol. The van der Waals surface area contributed by atoms with Gasteiger partial charge in [0.05, 0.1) is 46.2 Å². The van der Waals surface area contributed by atoms with Crippen molar-refractivity contribution in [3.8, 4) is 11.5 Å². The molecule has 2 heterocycles. The molecule has 4 aromatic carbocycles. The molecule has 0 bridgehead atoms. The average molecular weight is 984 g/mol. The van der Waals surface area contributed by atoms with E-state index in [0.29, 0.717) is 39.2 Å². The fourth-order valence-electron chi connectivity index (χ4n) is 8.30. The smallest absolute Gasteiger partial charge is 0.262 e. The van der Waals surface area contributed by atoms with Crippen LogP contribution in [0.15, 0.2) is 84.9 Å². The molecule has 0 radical (unpaired) electrons. The number of hydrogen-bond acceptors (Lipinski definition) is 6. The van der Waals surface area contributed by atoms with Crippen LogP contribution in [0.5, 0.6) is 11.5 Å². The van der Waals surface area contributed by atoms with Gasteiger partial charge < -0.3 is 20.1 Å². The summed E-state index contributed by atoms with van der Waals surface area (Å²) in [6.07, 6.45) is 6.91. The minimum Gasteiger partial charge on any atom is -0.497 e. The topological polar surface area (TPSA) is 121 Å². The Morgan fingerprint density at radius 3 is 1.45 bits per heavy atom. The number of hydrogen-bond donors (Lipinski definition) is 2. The Balaban J connectivity index is 0.000000251. The number of benzene rings is 4. The van der Waals surface area contributed by atoms with E-state index >= 15 is 0 Å². The van der Waals surface area contributed by atoms with Crippen LogP contribution in [0.4, 0.5) is 0 Å². The van der Waals surface area contributed by atoms with Crippen molar-refractivity contribution < 1.29 is 28.7 Å². The van der Waals surface area contributed by atoms with Crippen LogP contribution in [0, 0.1) is 13.8 Å². The Morgan fingerprint density at radius 1 is 0.582 bits per heavy atom. The Morgan fingerprint density at radius 2 is 1.03 bits per heavy atom. The predicted molar refractivity (Wildman–Crippen MR) is 281 cm³/mol. The summed E-state index contributed by atoms with van der Waals surface area (Å²) in [7, 11) is 0.751. The Kier molecular flexibility index (Phi) is 18.7. The number of rotatable bonds is 19. The normalized spacial score (nSPS) is 11.6. The van der Waals surface area contributed by atoms with Gasteiger partial charge in [0.15, 0.2) is 0 Å². The molecule has 0 aliphatic carbocycles.